The topological polar surface area (TPSA) is 25.8 Å². The summed E-state index contributed by atoms with van der Waals surface area (Å²) >= 11 is 12.0. The molecular weight excluding hydrogens is 262 g/mol. The van der Waals surface area contributed by atoms with Crippen molar-refractivity contribution in [3.63, 3.8) is 0 Å². The van der Waals surface area contributed by atoms with Crippen molar-refractivity contribution in [2.75, 3.05) is 0 Å². The molecule has 0 aliphatic rings. The van der Waals surface area contributed by atoms with Crippen molar-refractivity contribution in [2.45, 2.75) is 13.3 Å². The quantitative estimate of drug-likeness (QED) is 0.767. The van der Waals surface area contributed by atoms with Gasteiger partial charge < -0.3 is 0 Å². The Morgan fingerprint density at radius 1 is 1.18 bits per heavy atom. The monoisotopic (exact) mass is 270 g/mol. The zero-order valence-corrected chi connectivity index (χ0v) is 10.6. The van der Waals surface area contributed by atoms with Crippen LogP contribution >= 0.6 is 23.2 Å². The number of aromatic nitrogens is 2. The first-order valence-electron chi connectivity index (χ1n) is 5.09. The molecule has 0 aliphatic carbocycles. The second-order valence-electron chi connectivity index (χ2n) is 3.47. The molecule has 2 nitrogen and oxygen atoms in total. The van der Waals surface area contributed by atoms with Crippen molar-refractivity contribution in [3.05, 3.63) is 46.0 Å². The van der Waals surface area contributed by atoms with Gasteiger partial charge in [0.1, 0.15) is 16.1 Å². The smallest absolute Gasteiger partial charge is 0.162 e. The Morgan fingerprint density at radius 3 is 2.35 bits per heavy atom. The van der Waals surface area contributed by atoms with E-state index in [2.05, 4.69) is 9.97 Å². The second-order valence-corrected chi connectivity index (χ2v) is 4.19. The van der Waals surface area contributed by atoms with Crippen molar-refractivity contribution in [1.82, 2.24) is 9.97 Å². The minimum atomic E-state index is -0.349. The summed E-state index contributed by atoms with van der Waals surface area (Å²) in [5.41, 5.74) is 1.25. The third kappa shape index (κ3) is 2.56. The highest BCUT2D eigenvalue weighted by atomic mass is 35.5. The van der Waals surface area contributed by atoms with E-state index in [0.717, 1.165) is 0 Å². The van der Waals surface area contributed by atoms with Gasteiger partial charge >= 0.3 is 0 Å². The van der Waals surface area contributed by atoms with Crippen LogP contribution in [-0.2, 0) is 6.42 Å². The summed E-state index contributed by atoms with van der Waals surface area (Å²) in [5.74, 6) is -0.0189. The molecule has 0 spiro atoms. The van der Waals surface area contributed by atoms with Crippen LogP contribution in [0.15, 0.2) is 24.3 Å². The lowest BCUT2D eigenvalue weighted by molar-refractivity contribution is 0.628. The van der Waals surface area contributed by atoms with E-state index in [1.807, 2.05) is 6.92 Å². The highest BCUT2D eigenvalue weighted by Gasteiger charge is 2.11. The fraction of sp³-hybridized carbons (Fsp3) is 0.167. The second kappa shape index (κ2) is 4.98. The normalized spacial score (nSPS) is 10.6. The predicted octanol–water partition coefficient (Wildman–Crippen LogP) is 4.15. The lowest BCUT2D eigenvalue weighted by atomic mass is 10.2. The first kappa shape index (κ1) is 12.3. The molecule has 1 heterocycles. The van der Waals surface area contributed by atoms with Crippen LogP contribution in [0.1, 0.15) is 12.5 Å². The SMILES string of the molecule is CCc1c(Cl)nc(-c2cccc(F)c2)nc1Cl. The fourth-order valence-corrected chi connectivity index (χ4v) is 2.13. The first-order chi connectivity index (χ1) is 8.11. The van der Waals surface area contributed by atoms with E-state index in [0.29, 0.717) is 33.7 Å². The lowest BCUT2D eigenvalue weighted by Gasteiger charge is -2.06. The highest BCUT2D eigenvalue weighted by Crippen LogP contribution is 2.26. The van der Waals surface area contributed by atoms with E-state index >= 15 is 0 Å². The van der Waals surface area contributed by atoms with E-state index in [1.165, 1.54) is 12.1 Å². The van der Waals surface area contributed by atoms with Crippen LogP contribution in [0.25, 0.3) is 11.4 Å². The number of halogens is 3. The molecule has 1 aromatic carbocycles. The maximum absolute atomic E-state index is 13.1. The van der Waals surface area contributed by atoms with E-state index in [1.54, 1.807) is 12.1 Å². The Hall–Kier alpha value is -1.19. The third-order valence-electron chi connectivity index (χ3n) is 2.34. The van der Waals surface area contributed by atoms with Gasteiger partial charge in [0.05, 0.1) is 0 Å². The Balaban J connectivity index is 2.54. The van der Waals surface area contributed by atoms with Crippen LogP contribution < -0.4 is 0 Å². The van der Waals surface area contributed by atoms with Gasteiger partial charge in [0, 0.05) is 11.1 Å². The van der Waals surface area contributed by atoms with Gasteiger partial charge in [-0.15, -0.1) is 0 Å². The molecule has 0 bridgehead atoms. The van der Waals surface area contributed by atoms with Crippen molar-refractivity contribution in [3.8, 4) is 11.4 Å². The van der Waals surface area contributed by atoms with Gasteiger partial charge in [0.25, 0.3) is 0 Å². The standard InChI is InChI=1S/C12H9Cl2FN2/c1-2-9-10(13)16-12(17-11(9)14)7-4-3-5-8(15)6-7/h3-6H,2H2,1H3. The largest absolute Gasteiger partial charge is 0.216 e. The summed E-state index contributed by atoms with van der Waals surface area (Å²) in [6.45, 7) is 1.91. The van der Waals surface area contributed by atoms with Crippen LogP contribution in [0.5, 0.6) is 0 Å². The molecule has 5 heteroatoms. The van der Waals surface area contributed by atoms with Gasteiger partial charge in [-0.2, -0.15) is 0 Å². The summed E-state index contributed by atoms with van der Waals surface area (Å²) < 4.78 is 13.1. The Labute approximate surface area is 108 Å². The predicted molar refractivity (Wildman–Crippen MR) is 66.8 cm³/mol. The van der Waals surface area contributed by atoms with Crippen LogP contribution in [0.4, 0.5) is 4.39 Å². The van der Waals surface area contributed by atoms with Gasteiger partial charge in [0.15, 0.2) is 5.82 Å². The number of hydrogen-bond acceptors (Lipinski definition) is 2. The minimum absolute atomic E-state index is 0.312. The van der Waals surface area contributed by atoms with Crippen LogP contribution in [0.3, 0.4) is 0 Å². The molecule has 0 atom stereocenters. The highest BCUT2D eigenvalue weighted by molar-refractivity contribution is 6.34. The molecule has 0 aliphatic heterocycles. The van der Waals surface area contributed by atoms with Crippen molar-refractivity contribution in [1.29, 1.82) is 0 Å². The van der Waals surface area contributed by atoms with E-state index in [-0.39, 0.29) is 5.82 Å². The average molecular weight is 271 g/mol. The summed E-state index contributed by atoms with van der Waals surface area (Å²) in [7, 11) is 0. The maximum Gasteiger partial charge on any atom is 0.162 e. The molecule has 0 N–H and O–H groups in total. The summed E-state index contributed by atoms with van der Waals surface area (Å²) in [6.07, 6.45) is 0.654. The van der Waals surface area contributed by atoms with E-state index in [4.69, 9.17) is 23.2 Å². The molecule has 17 heavy (non-hydrogen) atoms. The maximum atomic E-state index is 13.1. The number of hydrogen-bond donors (Lipinski definition) is 0. The third-order valence-corrected chi connectivity index (χ3v) is 2.97. The Bertz CT molecular complexity index is 535. The average Bonchev–Trinajstić information content (AvgIpc) is 2.28. The minimum Gasteiger partial charge on any atom is -0.216 e. The summed E-state index contributed by atoms with van der Waals surface area (Å²) in [4.78, 5) is 8.24. The fourth-order valence-electron chi connectivity index (χ4n) is 1.48. The van der Waals surface area contributed by atoms with Crippen LogP contribution in [0, 0.1) is 5.82 Å². The molecule has 0 fully saturated rings. The Kier molecular flexibility index (Phi) is 3.60. The number of nitrogens with zero attached hydrogens (tertiary/aromatic N) is 2. The van der Waals surface area contributed by atoms with Crippen molar-refractivity contribution in [2.24, 2.45) is 0 Å². The first-order valence-corrected chi connectivity index (χ1v) is 5.85. The van der Waals surface area contributed by atoms with Gasteiger partial charge in [-0.05, 0) is 18.6 Å². The molecule has 1 aromatic heterocycles. The lowest BCUT2D eigenvalue weighted by Crippen LogP contribution is -1.96. The molecule has 0 saturated heterocycles. The summed E-state index contributed by atoms with van der Waals surface area (Å²) in [6, 6.07) is 5.99. The zero-order chi connectivity index (χ0) is 12.4. The summed E-state index contributed by atoms with van der Waals surface area (Å²) in [5, 5.41) is 0.624. The van der Waals surface area contributed by atoms with Gasteiger partial charge in [-0.1, -0.05) is 42.3 Å². The number of benzene rings is 1. The molecule has 2 rings (SSSR count). The van der Waals surface area contributed by atoms with Crippen molar-refractivity contribution < 1.29 is 4.39 Å². The van der Waals surface area contributed by atoms with E-state index in [9.17, 15) is 4.39 Å². The zero-order valence-electron chi connectivity index (χ0n) is 9.04. The van der Waals surface area contributed by atoms with Gasteiger partial charge in [-0.25, -0.2) is 14.4 Å². The van der Waals surface area contributed by atoms with E-state index < -0.39 is 0 Å². The molecule has 0 amide bonds. The molecule has 0 radical (unpaired) electrons. The molecular formula is C12H9Cl2FN2. The van der Waals surface area contributed by atoms with Gasteiger partial charge in [-0.3, -0.25) is 0 Å². The van der Waals surface area contributed by atoms with Gasteiger partial charge in [0.2, 0.25) is 0 Å². The molecule has 2 aromatic rings. The molecule has 88 valence electrons. The molecule has 0 saturated carbocycles. The number of rotatable bonds is 2. The molecule has 0 unspecified atom stereocenters. The van der Waals surface area contributed by atoms with Crippen LogP contribution in [0.2, 0.25) is 10.3 Å². The van der Waals surface area contributed by atoms with Crippen molar-refractivity contribution >= 4 is 23.2 Å². The Morgan fingerprint density at radius 2 is 1.82 bits per heavy atom. The van der Waals surface area contributed by atoms with Crippen LogP contribution in [-0.4, -0.2) is 9.97 Å².